The predicted molar refractivity (Wildman–Crippen MR) is 73.2 cm³/mol. The lowest BCUT2D eigenvalue weighted by atomic mass is 10.1. The average Bonchev–Trinajstić information content (AvgIpc) is 3.17. The number of H-pyrrole nitrogens is 2. The first-order chi connectivity index (χ1) is 9.81. The van der Waals surface area contributed by atoms with Crippen molar-refractivity contribution in [1.82, 2.24) is 25.4 Å². The molecule has 3 aromatic rings. The number of nitrogens with zero attached hydrogens (tertiary/aromatic N) is 4. The van der Waals surface area contributed by atoms with Crippen LogP contribution in [0, 0.1) is 0 Å². The summed E-state index contributed by atoms with van der Waals surface area (Å²) in [6, 6.07) is 2.01. The molecule has 0 aromatic carbocycles. The Bertz CT molecular complexity index is 734. The van der Waals surface area contributed by atoms with Crippen LogP contribution < -0.4 is 4.90 Å². The van der Waals surface area contributed by atoms with Gasteiger partial charge in [-0.15, -0.1) is 0 Å². The third-order valence-corrected chi connectivity index (χ3v) is 3.66. The van der Waals surface area contributed by atoms with Gasteiger partial charge < -0.3 is 4.90 Å². The van der Waals surface area contributed by atoms with Gasteiger partial charge in [-0.3, -0.25) is 10.2 Å². The lowest BCUT2D eigenvalue weighted by Crippen LogP contribution is -2.20. The Balaban J connectivity index is 1.80. The van der Waals surface area contributed by atoms with Crippen LogP contribution in [0.2, 0.25) is 0 Å². The Morgan fingerprint density at radius 2 is 2.25 bits per heavy atom. The molecule has 6 nitrogen and oxygen atoms in total. The van der Waals surface area contributed by atoms with Crippen LogP contribution in [0.3, 0.4) is 0 Å². The van der Waals surface area contributed by atoms with E-state index in [4.69, 9.17) is 0 Å². The van der Waals surface area contributed by atoms with Gasteiger partial charge in [0.2, 0.25) is 0 Å². The molecule has 0 aliphatic carbocycles. The number of anilines is 1. The van der Waals surface area contributed by atoms with Crippen molar-refractivity contribution in [2.75, 3.05) is 18.0 Å². The second-order valence-electron chi connectivity index (χ2n) is 4.99. The Hall–Kier alpha value is -2.44. The van der Waals surface area contributed by atoms with E-state index >= 15 is 0 Å². The number of nitrogens with one attached hydrogen (secondary N) is 2. The van der Waals surface area contributed by atoms with E-state index in [1.54, 1.807) is 12.4 Å². The lowest BCUT2D eigenvalue weighted by Gasteiger charge is -2.14. The molecule has 1 saturated heterocycles. The van der Waals surface area contributed by atoms with Gasteiger partial charge >= 0.3 is 0 Å². The molecule has 1 aliphatic heterocycles. The third kappa shape index (κ3) is 1.74. The van der Waals surface area contributed by atoms with E-state index in [2.05, 4.69) is 25.4 Å². The summed E-state index contributed by atoms with van der Waals surface area (Å²) in [4.78, 5) is 6.33. The van der Waals surface area contributed by atoms with Gasteiger partial charge in [0.25, 0.3) is 0 Å². The molecule has 0 amide bonds. The van der Waals surface area contributed by atoms with Gasteiger partial charge in [-0.25, -0.2) is 9.37 Å². The Labute approximate surface area is 114 Å². The van der Waals surface area contributed by atoms with Crippen molar-refractivity contribution in [1.29, 1.82) is 0 Å². The predicted octanol–water partition coefficient (Wildman–Crippen LogP) is 1.90. The van der Waals surface area contributed by atoms with Gasteiger partial charge in [0, 0.05) is 30.1 Å². The summed E-state index contributed by atoms with van der Waals surface area (Å²) in [5.41, 5.74) is 2.65. The summed E-state index contributed by atoms with van der Waals surface area (Å²) >= 11 is 0. The molecule has 20 heavy (non-hydrogen) atoms. The zero-order valence-electron chi connectivity index (χ0n) is 10.7. The molecule has 4 rings (SSSR count). The van der Waals surface area contributed by atoms with Crippen LogP contribution in [0.4, 0.5) is 10.2 Å². The van der Waals surface area contributed by atoms with Crippen molar-refractivity contribution in [3.05, 3.63) is 24.7 Å². The van der Waals surface area contributed by atoms with Gasteiger partial charge in [0.05, 0.1) is 18.1 Å². The quantitative estimate of drug-likeness (QED) is 0.747. The van der Waals surface area contributed by atoms with Crippen molar-refractivity contribution in [3.8, 4) is 11.1 Å². The van der Waals surface area contributed by atoms with E-state index in [0.717, 1.165) is 28.0 Å². The van der Waals surface area contributed by atoms with Crippen molar-refractivity contribution in [2.24, 2.45) is 0 Å². The zero-order valence-corrected chi connectivity index (χ0v) is 10.7. The van der Waals surface area contributed by atoms with Crippen LogP contribution in [-0.4, -0.2) is 44.6 Å². The maximum absolute atomic E-state index is 13.4. The van der Waals surface area contributed by atoms with Gasteiger partial charge in [-0.1, -0.05) is 0 Å². The van der Waals surface area contributed by atoms with Crippen LogP contribution in [0.1, 0.15) is 6.42 Å². The SMILES string of the molecule is FC1CCN(c2n[nH]c3ncc(-c4cn[nH]c4)cc23)C1. The summed E-state index contributed by atoms with van der Waals surface area (Å²) < 4.78 is 13.4. The number of pyridine rings is 1. The molecule has 3 aromatic heterocycles. The van der Waals surface area contributed by atoms with Crippen LogP contribution >= 0.6 is 0 Å². The highest BCUT2D eigenvalue weighted by atomic mass is 19.1. The summed E-state index contributed by atoms with van der Waals surface area (Å²) in [7, 11) is 0. The molecule has 0 saturated carbocycles. The number of hydrogen-bond acceptors (Lipinski definition) is 4. The average molecular weight is 272 g/mol. The summed E-state index contributed by atoms with van der Waals surface area (Å²) in [5, 5.41) is 14.8. The van der Waals surface area contributed by atoms with E-state index in [1.807, 2.05) is 17.2 Å². The van der Waals surface area contributed by atoms with Gasteiger partial charge in [-0.2, -0.15) is 10.2 Å². The second kappa shape index (κ2) is 4.29. The summed E-state index contributed by atoms with van der Waals surface area (Å²) in [6.45, 7) is 1.09. The molecule has 0 spiro atoms. The maximum Gasteiger partial charge on any atom is 0.160 e. The number of fused-ring (bicyclic) bond motifs is 1. The lowest BCUT2D eigenvalue weighted by molar-refractivity contribution is 0.364. The number of aromatic amines is 2. The van der Waals surface area contributed by atoms with Gasteiger partial charge in [-0.05, 0) is 12.5 Å². The van der Waals surface area contributed by atoms with Gasteiger partial charge in [0.1, 0.15) is 6.17 Å². The molecule has 4 heterocycles. The molecule has 1 aliphatic rings. The van der Waals surface area contributed by atoms with Gasteiger partial charge in [0.15, 0.2) is 11.5 Å². The van der Waals surface area contributed by atoms with Crippen molar-refractivity contribution in [2.45, 2.75) is 12.6 Å². The monoisotopic (exact) mass is 272 g/mol. The fourth-order valence-electron chi connectivity index (χ4n) is 2.61. The Morgan fingerprint density at radius 3 is 3.00 bits per heavy atom. The maximum atomic E-state index is 13.4. The smallest absolute Gasteiger partial charge is 0.160 e. The first kappa shape index (κ1) is 11.4. The molecule has 1 fully saturated rings. The highest BCUT2D eigenvalue weighted by Crippen LogP contribution is 2.29. The molecule has 1 unspecified atom stereocenters. The number of alkyl halides is 1. The minimum Gasteiger partial charge on any atom is -0.352 e. The zero-order chi connectivity index (χ0) is 13.5. The number of hydrogen-bond donors (Lipinski definition) is 2. The minimum atomic E-state index is -0.772. The first-order valence-corrected chi connectivity index (χ1v) is 6.53. The first-order valence-electron chi connectivity index (χ1n) is 6.53. The van der Waals surface area contributed by atoms with Crippen molar-refractivity contribution in [3.63, 3.8) is 0 Å². The van der Waals surface area contributed by atoms with Crippen molar-refractivity contribution >= 4 is 16.9 Å². The van der Waals surface area contributed by atoms with E-state index < -0.39 is 6.17 Å². The standard InChI is InChI=1S/C13H13FN6/c14-10-1-2-20(7-10)13-11-3-8(9-5-16-17-6-9)4-15-12(11)18-19-13/h3-6,10H,1-2,7H2,(H,16,17)(H,15,18,19). The highest BCUT2D eigenvalue weighted by Gasteiger charge is 2.25. The fourth-order valence-corrected chi connectivity index (χ4v) is 2.61. The van der Waals surface area contributed by atoms with Crippen LogP contribution in [0.5, 0.6) is 0 Å². The Morgan fingerprint density at radius 1 is 1.30 bits per heavy atom. The molecular weight excluding hydrogens is 259 g/mol. The molecular formula is C13H13FN6. The Kier molecular flexibility index (Phi) is 2.45. The second-order valence-corrected chi connectivity index (χ2v) is 4.99. The highest BCUT2D eigenvalue weighted by molar-refractivity contribution is 5.90. The molecule has 1 atom stereocenters. The van der Waals surface area contributed by atoms with Crippen molar-refractivity contribution < 1.29 is 4.39 Å². The molecule has 7 heteroatoms. The van der Waals surface area contributed by atoms with Crippen LogP contribution in [-0.2, 0) is 0 Å². The topological polar surface area (TPSA) is 73.5 Å². The third-order valence-electron chi connectivity index (χ3n) is 3.66. The number of aromatic nitrogens is 5. The molecule has 0 radical (unpaired) electrons. The van der Waals surface area contributed by atoms with Crippen LogP contribution in [0.25, 0.3) is 22.2 Å². The minimum absolute atomic E-state index is 0.399. The van der Waals surface area contributed by atoms with E-state index in [-0.39, 0.29) is 0 Å². The molecule has 0 bridgehead atoms. The summed E-state index contributed by atoms with van der Waals surface area (Å²) in [5.74, 6) is 0.776. The molecule has 102 valence electrons. The van der Waals surface area contributed by atoms with E-state index in [1.165, 1.54) is 0 Å². The normalized spacial score (nSPS) is 19.1. The largest absolute Gasteiger partial charge is 0.352 e. The molecule has 2 N–H and O–H groups in total. The van der Waals surface area contributed by atoms with E-state index in [0.29, 0.717) is 19.5 Å². The number of halogens is 1. The van der Waals surface area contributed by atoms with Crippen LogP contribution in [0.15, 0.2) is 24.7 Å². The summed E-state index contributed by atoms with van der Waals surface area (Å²) in [6.07, 6.45) is 5.12. The fraction of sp³-hybridized carbons (Fsp3) is 0.308. The van der Waals surface area contributed by atoms with E-state index in [9.17, 15) is 4.39 Å². The number of rotatable bonds is 2.